The van der Waals surface area contributed by atoms with E-state index in [1.807, 2.05) is 42.9 Å². The molecule has 0 unspecified atom stereocenters. The molecule has 2 aliphatic rings. The SMILES string of the molecule is O=C(O)C(F)(F)F.O=C(O)C(F)(F)F.c1ccc(CO[C@@H]2CC[C@H]3[C@H]2OCCN3Cc2cccnc2)nc1. The summed E-state index contributed by atoms with van der Waals surface area (Å²) in [7, 11) is 0. The second-order valence-corrected chi connectivity index (χ2v) is 8.09. The number of rotatable bonds is 5. The second kappa shape index (κ2) is 14.0. The molecular weight excluding hydrogens is 528 g/mol. The van der Waals surface area contributed by atoms with Gasteiger partial charge in [0.05, 0.1) is 31.1 Å². The summed E-state index contributed by atoms with van der Waals surface area (Å²) in [6.07, 6.45) is -2.09. The largest absolute Gasteiger partial charge is 0.490 e. The molecule has 1 aliphatic heterocycles. The summed E-state index contributed by atoms with van der Waals surface area (Å²) in [4.78, 5) is 28.9. The molecule has 1 saturated heterocycles. The molecule has 38 heavy (non-hydrogen) atoms. The summed E-state index contributed by atoms with van der Waals surface area (Å²) in [5.41, 5.74) is 2.24. The van der Waals surface area contributed by atoms with Gasteiger partial charge in [-0.1, -0.05) is 12.1 Å². The Morgan fingerprint density at radius 3 is 2.18 bits per heavy atom. The third-order valence-electron chi connectivity index (χ3n) is 5.42. The number of carbonyl (C=O) groups is 2. The van der Waals surface area contributed by atoms with Gasteiger partial charge in [0, 0.05) is 37.7 Å². The Kier molecular flexibility index (Phi) is 11.4. The number of hydrogen-bond donors (Lipinski definition) is 2. The van der Waals surface area contributed by atoms with Crippen molar-refractivity contribution in [1.82, 2.24) is 14.9 Å². The van der Waals surface area contributed by atoms with Gasteiger partial charge in [-0.15, -0.1) is 0 Å². The molecule has 0 amide bonds. The summed E-state index contributed by atoms with van der Waals surface area (Å²) in [5, 5.41) is 14.2. The molecule has 2 fully saturated rings. The van der Waals surface area contributed by atoms with Crippen LogP contribution in [0.3, 0.4) is 0 Å². The van der Waals surface area contributed by atoms with Crippen LogP contribution in [0, 0.1) is 0 Å². The zero-order valence-corrected chi connectivity index (χ0v) is 19.7. The van der Waals surface area contributed by atoms with Gasteiger partial charge < -0.3 is 19.7 Å². The minimum atomic E-state index is -5.08. The second-order valence-electron chi connectivity index (χ2n) is 8.09. The van der Waals surface area contributed by atoms with Gasteiger partial charge in [0.1, 0.15) is 0 Å². The van der Waals surface area contributed by atoms with E-state index in [2.05, 4.69) is 20.9 Å². The summed E-state index contributed by atoms with van der Waals surface area (Å²) in [5.74, 6) is -5.51. The number of fused-ring (bicyclic) bond motifs is 1. The van der Waals surface area contributed by atoms with Crippen molar-refractivity contribution in [2.45, 2.75) is 56.6 Å². The molecule has 1 saturated carbocycles. The van der Waals surface area contributed by atoms with Crippen molar-refractivity contribution in [3.8, 4) is 0 Å². The highest BCUT2D eigenvalue weighted by Gasteiger charge is 2.43. The predicted molar refractivity (Wildman–Crippen MR) is 118 cm³/mol. The Morgan fingerprint density at radius 2 is 1.66 bits per heavy atom. The molecule has 9 nitrogen and oxygen atoms in total. The molecule has 3 atom stereocenters. The highest BCUT2D eigenvalue weighted by molar-refractivity contribution is 5.73. The third kappa shape index (κ3) is 10.2. The lowest BCUT2D eigenvalue weighted by molar-refractivity contribution is -0.193. The lowest BCUT2D eigenvalue weighted by Crippen LogP contribution is -2.51. The van der Waals surface area contributed by atoms with Crippen LogP contribution in [0.1, 0.15) is 24.1 Å². The maximum absolute atomic E-state index is 10.6. The summed E-state index contributed by atoms with van der Waals surface area (Å²) in [6, 6.07) is 10.5. The first kappa shape index (κ1) is 30.9. The lowest BCUT2D eigenvalue weighted by atomic mass is 10.1. The van der Waals surface area contributed by atoms with Crippen LogP contribution in [0.5, 0.6) is 0 Å². The lowest BCUT2D eigenvalue weighted by Gasteiger charge is -2.39. The Labute approximate surface area is 213 Å². The van der Waals surface area contributed by atoms with Crippen LogP contribution in [0.2, 0.25) is 0 Å². The van der Waals surface area contributed by atoms with Crippen LogP contribution in [0.15, 0.2) is 48.9 Å². The van der Waals surface area contributed by atoms with Gasteiger partial charge in [-0.2, -0.15) is 26.3 Å². The van der Waals surface area contributed by atoms with E-state index in [1.165, 1.54) is 5.56 Å². The molecule has 0 bridgehead atoms. The fourth-order valence-electron chi connectivity index (χ4n) is 3.77. The van der Waals surface area contributed by atoms with Crippen LogP contribution >= 0.6 is 0 Å². The number of alkyl halides is 6. The zero-order valence-electron chi connectivity index (χ0n) is 19.7. The molecule has 1 aliphatic carbocycles. The maximum Gasteiger partial charge on any atom is 0.490 e. The molecule has 2 N–H and O–H groups in total. The van der Waals surface area contributed by atoms with Crippen molar-refractivity contribution in [1.29, 1.82) is 0 Å². The highest BCUT2D eigenvalue weighted by Crippen LogP contribution is 2.33. The standard InChI is InChI=1S/C19H23N3O2.2C2HF3O2/c1-2-9-21-16(5-1)14-24-18-7-6-17-19(18)23-11-10-22(17)13-15-4-3-8-20-12-15;2*3-2(4,5)1(6)7/h1-5,8-9,12,17-19H,6-7,10-11,13-14H2;2*(H,6,7)/t17-,18+,19+;;/m0../s1. The van der Waals surface area contributed by atoms with E-state index < -0.39 is 24.3 Å². The Balaban J connectivity index is 0.000000301. The number of carboxylic acids is 2. The van der Waals surface area contributed by atoms with E-state index in [-0.39, 0.29) is 12.2 Å². The smallest absolute Gasteiger partial charge is 0.475 e. The summed E-state index contributed by atoms with van der Waals surface area (Å²) in [6.45, 7) is 3.24. The monoisotopic (exact) mass is 553 g/mol. The normalized spacial score (nSPS) is 21.3. The van der Waals surface area contributed by atoms with Crippen LogP contribution in [0.4, 0.5) is 26.3 Å². The number of aromatic nitrogens is 2. The predicted octanol–water partition coefficient (Wildman–Crippen LogP) is 3.69. The number of nitrogens with zero attached hydrogens (tertiary/aromatic N) is 3. The third-order valence-corrected chi connectivity index (χ3v) is 5.42. The number of morpholine rings is 1. The number of ether oxygens (including phenoxy) is 2. The van der Waals surface area contributed by atoms with Crippen LogP contribution in [0.25, 0.3) is 0 Å². The molecule has 15 heteroatoms. The first-order valence-electron chi connectivity index (χ1n) is 11.1. The Hall–Kier alpha value is -3.30. The number of carboxylic acid groups (broad SMARTS) is 2. The molecule has 210 valence electrons. The van der Waals surface area contributed by atoms with Crippen molar-refractivity contribution in [2.24, 2.45) is 0 Å². The fourth-order valence-corrected chi connectivity index (χ4v) is 3.77. The van der Waals surface area contributed by atoms with Crippen molar-refractivity contribution in [3.05, 3.63) is 60.2 Å². The van der Waals surface area contributed by atoms with E-state index in [0.29, 0.717) is 12.6 Å². The number of pyridine rings is 2. The maximum atomic E-state index is 10.6. The van der Waals surface area contributed by atoms with E-state index in [1.54, 1.807) is 0 Å². The van der Waals surface area contributed by atoms with Crippen LogP contribution in [-0.2, 0) is 32.2 Å². The topological polar surface area (TPSA) is 122 Å². The average Bonchev–Trinajstić information content (AvgIpc) is 3.28. The number of halogens is 6. The summed E-state index contributed by atoms with van der Waals surface area (Å²) >= 11 is 0. The van der Waals surface area contributed by atoms with Crippen LogP contribution in [-0.4, -0.2) is 80.8 Å². The highest BCUT2D eigenvalue weighted by atomic mass is 19.4. The van der Waals surface area contributed by atoms with Crippen molar-refractivity contribution < 1.29 is 55.6 Å². The van der Waals surface area contributed by atoms with Gasteiger partial charge in [0.2, 0.25) is 0 Å². The fraction of sp³-hybridized carbons (Fsp3) is 0.478. The van der Waals surface area contributed by atoms with Gasteiger partial charge in [-0.3, -0.25) is 14.9 Å². The van der Waals surface area contributed by atoms with Gasteiger partial charge in [0.15, 0.2) is 0 Å². The van der Waals surface area contributed by atoms with E-state index in [0.717, 1.165) is 38.2 Å². The molecule has 2 aromatic rings. The molecule has 4 rings (SSSR count). The number of aliphatic carboxylic acids is 2. The zero-order chi connectivity index (χ0) is 28.3. The minimum Gasteiger partial charge on any atom is -0.475 e. The number of hydrogen-bond acceptors (Lipinski definition) is 7. The minimum absolute atomic E-state index is 0.161. The van der Waals surface area contributed by atoms with Gasteiger partial charge in [-0.05, 0) is 36.6 Å². The van der Waals surface area contributed by atoms with E-state index >= 15 is 0 Å². The van der Waals surface area contributed by atoms with Crippen molar-refractivity contribution >= 4 is 11.9 Å². The molecule has 0 radical (unpaired) electrons. The molecule has 3 heterocycles. The molecule has 0 spiro atoms. The van der Waals surface area contributed by atoms with Gasteiger partial charge in [0.25, 0.3) is 0 Å². The van der Waals surface area contributed by atoms with Gasteiger partial charge >= 0.3 is 24.3 Å². The molecular formula is C23H25F6N3O6. The quantitative estimate of drug-likeness (QED) is 0.534. The van der Waals surface area contributed by atoms with Crippen LogP contribution < -0.4 is 0 Å². The van der Waals surface area contributed by atoms with Crippen molar-refractivity contribution in [3.63, 3.8) is 0 Å². The molecule has 0 aromatic carbocycles. The first-order valence-corrected chi connectivity index (χ1v) is 11.1. The summed E-state index contributed by atoms with van der Waals surface area (Å²) < 4.78 is 75.7. The Morgan fingerprint density at radius 1 is 1.00 bits per heavy atom. The average molecular weight is 553 g/mol. The Bertz CT molecular complexity index is 986. The van der Waals surface area contributed by atoms with Crippen molar-refractivity contribution in [2.75, 3.05) is 13.2 Å². The van der Waals surface area contributed by atoms with E-state index in [9.17, 15) is 26.3 Å². The first-order chi connectivity index (χ1) is 17.8. The van der Waals surface area contributed by atoms with Gasteiger partial charge in [-0.25, -0.2) is 9.59 Å². The van der Waals surface area contributed by atoms with E-state index in [4.69, 9.17) is 29.3 Å². The molecule has 2 aromatic heterocycles.